The number of hydrogen-bond donors (Lipinski definition) is 1. The summed E-state index contributed by atoms with van der Waals surface area (Å²) in [5.41, 5.74) is -0.00103. The smallest absolute Gasteiger partial charge is 0.262 e. The molecular formula is C13H16Cl3NO3S. The topological polar surface area (TPSA) is 63.2 Å². The molecule has 8 heteroatoms. The van der Waals surface area contributed by atoms with Crippen molar-refractivity contribution in [3.8, 4) is 0 Å². The van der Waals surface area contributed by atoms with Crippen LogP contribution in [0.4, 0.5) is 0 Å². The minimum atomic E-state index is -4.07. The van der Waals surface area contributed by atoms with Crippen LogP contribution in [0.15, 0.2) is 17.0 Å². The Morgan fingerprint density at radius 3 is 2.43 bits per heavy atom. The zero-order chi connectivity index (χ0) is 16.0. The highest BCUT2D eigenvalue weighted by molar-refractivity contribution is 8.13. The standard InChI is InChI=1S/C13H16Cl3NO3S/c1-2-3-4-5-6-17-13(18)10-7-9(14)8-11(12(10)15)21(16,19)20/h7-8H,2-6H2,1H3,(H,17,18). The maximum atomic E-state index is 12.0. The molecule has 0 radical (unpaired) electrons. The molecule has 0 aliphatic heterocycles. The molecule has 118 valence electrons. The van der Waals surface area contributed by atoms with Crippen LogP contribution in [-0.4, -0.2) is 20.9 Å². The van der Waals surface area contributed by atoms with E-state index < -0.39 is 15.0 Å². The van der Waals surface area contributed by atoms with Crippen LogP contribution >= 0.6 is 33.9 Å². The van der Waals surface area contributed by atoms with Gasteiger partial charge in [0.25, 0.3) is 15.0 Å². The number of unbranched alkanes of at least 4 members (excludes halogenated alkanes) is 3. The van der Waals surface area contributed by atoms with Crippen LogP contribution in [0.1, 0.15) is 43.0 Å². The van der Waals surface area contributed by atoms with Crippen LogP contribution in [0.5, 0.6) is 0 Å². The van der Waals surface area contributed by atoms with E-state index >= 15 is 0 Å². The molecule has 1 N–H and O–H groups in total. The Morgan fingerprint density at radius 1 is 1.19 bits per heavy atom. The van der Waals surface area contributed by atoms with Crippen molar-refractivity contribution < 1.29 is 13.2 Å². The lowest BCUT2D eigenvalue weighted by Crippen LogP contribution is -2.25. The van der Waals surface area contributed by atoms with E-state index in [-0.39, 0.29) is 20.5 Å². The molecule has 0 aliphatic carbocycles. The van der Waals surface area contributed by atoms with E-state index in [9.17, 15) is 13.2 Å². The average molecular weight is 373 g/mol. The quantitative estimate of drug-likeness (QED) is 0.575. The Kier molecular flexibility index (Phi) is 7.27. The van der Waals surface area contributed by atoms with Crippen molar-refractivity contribution in [2.45, 2.75) is 37.5 Å². The van der Waals surface area contributed by atoms with E-state index in [1.165, 1.54) is 6.07 Å². The van der Waals surface area contributed by atoms with Crippen molar-refractivity contribution in [3.63, 3.8) is 0 Å². The third kappa shape index (κ3) is 5.66. The number of nitrogens with one attached hydrogen (secondary N) is 1. The van der Waals surface area contributed by atoms with Gasteiger partial charge in [0.2, 0.25) is 0 Å². The summed E-state index contributed by atoms with van der Waals surface area (Å²) < 4.78 is 22.8. The second kappa shape index (κ2) is 8.22. The zero-order valence-corrected chi connectivity index (χ0v) is 14.5. The fourth-order valence-corrected chi connectivity index (χ4v) is 3.61. The van der Waals surface area contributed by atoms with Gasteiger partial charge in [0.15, 0.2) is 0 Å². The lowest BCUT2D eigenvalue weighted by atomic mass is 10.2. The van der Waals surface area contributed by atoms with E-state index in [1.807, 2.05) is 0 Å². The molecule has 1 amide bonds. The predicted molar refractivity (Wildman–Crippen MR) is 86.0 cm³/mol. The molecule has 0 saturated carbocycles. The first-order chi connectivity index (χ1) is 9.77. The second-order valence-corrected chi connectivity index (χ2v) is 7.87. The van der Waals surface area contributed by atoms with Crippen LogP contribution < -0.4 is 5.32 Å². The van der Waals surface area contributed by atoms with Gasteiger partial charge < -0.3 is 5.32 Å². The highest BCUT2D eigenvalue weighted by Crippen LogP contribution is 2.31. The molecular weight excluding hydrogens is 357 g/mol. The van der Waals surface area contributed by atoms with Crippen molar-refractivity contribution in [2.24, 2.45) is 0 Å². The van der Waals surface area contributed by atoms with Crippen LogP contribution in [0.25, 0.3) is 0 Å². The number of carbonyl (C=O) groups is 1. The molecule has 0 aliphatic rings. The number of carbonyl (C=O) groups excluding carboxylic acids is 1. The summed E-state index contributed by atoms with van der Waals surface area (Å²) in [5.74, 6) is -0.472. The largest absolute Gasteiger partial charge is 0.352 e. The molecule has 0 aromatic heterocycles. The Bertz CT molecular complexity index is 617. The molecule has 21 heavy (non-hydrogen) atoms. The van der Waals surface area contributed by atoms with Gasteiger partial charge in [-0.15, -0.1) is 0 Å². The third-order valence-corrected chi connectivity index (χ3v) is 4.91. The summed E-state index contributed by atoms with van der Waals surface area (Å²) >= 11 is 11.8. The van der Waals surface area contributed by atoms with E-state index in [0.29, 0.717) is 6.54 Å². The van der Waals surface area contributed by atoms with E-state index in [2.05, 4.69) is 12.2 Å². The predicted octanol–water partition coefficient (Wildman–Crippen LogP) is 4.23. The first-order valence-corrected chi connectivity index (χ1v) is 9.55. The number of rotatable bonds is 7. The molecule has 0 fully saturated rings. The lowest BCUT2D eigenvalue weighted by Gasteiger charge is -2.09. The average Bonchev–Trinajstić information content (AvgIpc) is 2.39. The van der Waals surface area contributed by atoms with Crippen molar-refractivity contribution >= 4 is 48.8 Å². The molecule has 0 unspecified atom stereocenters. The van der Waals surface area contributed by atoms with E-state index in [1.54, 1.807) is 0 Å². The van der Waals surface area contributed by atoms with Gasteiger partial charge in [-0.2, -0.15) is 0 Å². The molecule has 0 atom stereocenters. The van der Waals surface area contributed by atoms with Crippen LogP contribution in [0, 0.1) is 0 Å². The van der Waals surface area contributed by atoms with Crippen LogP contribution in [-0.2, 0) is 9.05 Å². The molecule has 1 aromatic rings. The van der Waals surface area contributed by atoms with Crippen molar-refractivity contribution in [1.29, 1.82) is 0 Å². The normalized spacial score (nSPS) is 11.4. The van der Waals surface area contributed by atoms with Gasteiger partial charge in [-0.1, -0.05) is 49.4 Å². The van der Waals surface area contributed by atoms with Gasteiger partial charge in [0.1, 0.15) is 4.90 Å². The SMILES string of the molecule is CCCCCCNC(=O)c1cc(Cl)cc(S(=O)(=O)Cl)c1Cl. The summed E-state index contributed by atoms with van der Waals surface area (Å²) in [6, 6.07) is 2.43. The van der Waals surface area contributed by atoms with Crippen molar-refractivity contribution in [1.82, 2.24) is 5.32 Å². The van der Waals surface area contributed by atoms with Gasteiger partial charge in [-0.25, -0.2) is 8.42 Å². The summed E-state index contributed by atoms with van der Waals surface area (Å²) in [4.78, 5) is 11.7. The fraction of sp³-hybridized carbons (Fsp3) is 0.462. The highest BCUT2D eigenvalue weighted by atomic mass is 35.7. The van der Waals surface area contributed by atoms with Gasteiger partial charge in [-0.3, -0.25) is 4.79 Å². The number of halogens is 3. The molecule has 1 aromatic carbocycles. The molecule has 4 nitrogen and oxygen atoms in total. The molecule has 0 saturated heterocycles. The number of amides is 1. The maximum absolute atomic E-state index is 12.0. The second-order valence-electron chi connectivity index (χ2n) is 4.52. The monoisotopic (exact) mass is 371 g/mol. The first kappa shape index (κ1) is 18.6. The zero-order valence-electron chi connectivity index (χ0n) is 11.5. The Balaban J connectivity index is 2.88. The van der Waals surface area contributed by atoms with Gasteiger partial charge >= 0.3 is 0 Å². The minimum absolute atomic E-state index is 0.00103. The van der Waals surface area contributed by atoms with Crippen LogP contribution in [0.3, 0.4) is 0 Å². The summed E-state index contributed by atoms with van der Waals surface area (Å²) in [5, 5.41) is 2.54. The summed E-state index contributed by atoms with van der Waals surface area (Å²) in [6.45, 7) is 2.59. The first-order valence-electron chi connectivity index (χ1n) is 6.49. The highest BCUT2D eigenvalue weighted by Gasteiger charge is 2.22. The third-order valence-electron chi connectivity index (χ3n) is 2.83. The van der Waals surface area contributed by atoms with Gasteiger partial charge in [0, 0.05) is 22.2 Å². The van der Waals surface area contributed by atoms with E-state index in [0.717, 1.165) is 31.7 Å². The van der Waals surface area contributed by atoms with Crippen molar-refractivity contribution in [2.75, 3.05) is 6.54 Å². The Labute approximate surface area is 139 Å². The maximum Gasteiger partial charge on any atom is 0.262 e. The van der Waals surface area contributed by atoms with Crippen molar-refractivity contribution in [3.05, 3.63) is 27.7 Å². The Morgan fingerprint density at radius 2 is 1.86 bits per heavy atom. The summed E-state index contributed by atoms with van der Waals surface area (Å²) in [7, 11) is 1.20. The molecule has 0 bridgehead atoms. The van der Waals surface area contributed by atoms with Crippen LogP contribution in [0.2, 0.25) is 10.0 Å². The van der Waals surface area contributed by atoms with E-state index in [4.69, 9.17) is 33.9 Å². The number of hydrogen-bond acceptors (Lipinski definition) is 3. The lowest BCUT2D eigenvalue weighted by molar-refractivity contribution is 0.0953. The molecule has 0 spiro atoms. The molecule has 1 rings (SSSR count). The molecule has 0 heterocycles. The minimum Gasteiger partial charge on any atom is -0.352 e. The van der Waals surface area contributed by atoms with Gasteiger partial charge in [-0.05, 0) is 18.6 Å². The fourth-order valence-electron chi connectivity index (χ4n) is 1.76. The number of benzene rings is 1. The summed E-state index contributed by atoms with van der Waals surface area (Å²) in [6.07, 6.45) is 4.06. The Hall–Kier alpha value is -0.490. The van der Waals surface area contributed by atoms with Gasteiger partial charge in [0.05, 0.1) is 10.6 Å².